The van der Waals surface area contributed by atoms with Crippen LogP contribution in [0.2, 0.25) is 0 Å². The number of benzene rings is 1. The summed E-state index contributed by atoms with van der Waals surface area (Å²) in [6.07, 6.45) is 5.28. The van der Waals surface area contributed by atoms with Gasteiger partial charge >= 0.3 is 0 Å². The summed E-state index contributed by atoms with van der Waals surface area (Å²) in [5, 5.41) is 14.7. The van der Waals surface area contributed by atoms with Gasteiger partial charge in [0.25, 0.3) is 5.69 Å². The Balaban J connectivity index is 2.10. The van der Waals surface area contributed by atoms with Crippen LogP contribution in [-0.4, -0.2) is 26.3 Å². The predicted molar refractivity (Wildman–Crippen MR) is 79.8 cm³/mol. The second-order valence-corrected chi connectivity index (χ2v) is 5.20. The van der Waals surface area contributed by atoms with Crippen molar-refractivity contribution in [2.45, 2.75) is 9.92 Å². The molecule has 0 aliphatic heterocycles. The summed E-state index contributed by atoms with van der Waals surface area (Å²) in [6.45, 7) is 0. The van der Waals surface area contributed by atoms with E-state index in [-0.39, 0.29) is 5.69 Å². The Morgan fingerprint density at radius 1 is 1.38 bits per heavy atom. The lowest BCUT2D eigenvalue weighted by Crippen LogP contribution is -1.98. The van der Waals surface area contributed by atoms with Gasteiger partial charge < -0.3 is 9.72 Å². The molecule has 0 bridgehead atoms. The molecule has 0 amide bonds. The summed E-state index contributed by atoms with van der Waals surface area (Å²) in [4.78, 5) is 19.9. The van der Waals surface area contributed by atoms with Gasteiger partial charge in [-0.15, -0.1) is 0 Å². The lowest BCUT2D eigenvalue weighted by atomic mass is 10.3. The van der Waals surface area contributed by atoms with E-state index in [2.05, 4.69) is 15.3 Å². The van der Waals surface area contributed by atoms with Crippen molar-refractivity contribution in [1.82, 2.24) is 14.4 Å². The summed E-state index contributed by atoms with van der Waals surface area (Å²) in [7, 11) is 1.77. The zero-order chi connectivity index (χ0) is 14.8. The first-order valence-electron chi connectivity index (χ1n) is 6.12. The maximum Gasteiger partial charge on any atom is 0.283 e. The van der Waals surface area contributed by atoms with Crippen molar-refractivity contribution in [2.24, 2.45) is 0 Å². The number of rotatable bonds is 4. The average Bonchev–Trinajstić information content (AvgIpc) is 2.96. The molecule has 8 heteroatoms. The standard InChI is InChI=1S/C13H11N5O2S/c1-14-11-8-17-7-6-15-12(17)13(16-11)21-10-5-3-2-4-9(10)18(19)20/h2-8,14H,1H3. The molecule has 3 rings (SSSR count). The van der Waals surface area contributed by atoms with Crippen molar-refractivity contribution in [3.63, 3.8) is 0 Å². The molecular weight excluding hydrogens is 290 g/mol. The molecule has 0 fully saturated rings. The first-order chi connectivity index (χ1) is 10.2. The van der Waals surface area contributed by atoms with Crippen molar-refractivity contribution in [1.29, 1.82) is 0 Å². The van der Waals surface area contributed by atoms with Gasteiger partial charge in [0, 0.05) is 25.5 Å². The third kappa shape index (κ3) is 2.52. The maximum absolute atomic E-state index is 11.1. The van der Waals surface area contributed by atoms with Gasteiger partial charge in [-0.1, -0.05) is 23.9 Å². The van der Waals surface area contributed by atoms with E-state index in [0.29, 0.717) is 21.4 Å². The number of anilines is 1. The van der Waals surface area contributed by atoms with Crippen LogP contribution >= 0.6 is 11.8 Å². The molecular formula is C13H11N5O2S. The Hall–Kier alpha value is -2.61. The number of nitro benzene ring substituents is 1. The van der Waals surface area contributed by atoms with Crippen LogP contribution in [0.5, 0.6) is 0 Å². The number of hydrogen-bond donors (Lipinski definition) is 1. The highest BCUT2D eigenvalue weighted by atomic mass is 32.2. The minimum absolute atomic E-state index is 0.0591. The molecule has 0 saturated carbocycles. The van der Waals surface area contributed by atoms with Crippen molar-refractivity contribution in [2.75, 3.05) is 12.4 Å². The molecule has 7 nitrogen and oxygen atoms in total. The molecule has 0 aliphatic rings. The van der Waals surface area contributed by atoms with Gasteiger partial charge in [-0.3, -0.25) is 10.1 Å². The van der Waals surface area contributed by atoms with Crippen molar-refractivity contribution >= 4 is 28.9 Å². The van der Waals surface area contributed by atoms with Crippen LogP contribution in [0, 0.1) is 10.1 Å². The van der Waals surface area contributed by atoms with Crippen LogP contribution in [0.3, 0.4) is 0 Å². The maximum atomic E-state index is 11.1. The van der Waals surface area contributed by atoms with E-state index in [1.54, 1.807) is 37.6 Å². The molecule has 0 atom stereocenters. The molecule has 2 heterocycles. The lowest BCUT2D eigenvalue weighted by molar-refractivity contribution is -0.387. The number of imidazole rings is 1. The largest absolute Gasteiger partial charge is 0.372 e. The average molecular weight is 301 g/mol. The number of nitro groups is 1. The normalized spacial score (nSPS) is 10.7. The Morgan fingerprint density at radius 2 is 2.19 bits per heavy atom. The van der Waals surface area contributed by atoms with Crippen LogP contribution in [0.4, 0.5) is 11.5 Å². The highest BCUT2D eigenvalue weighted by Crippen LogP contribution is 2.35. The Labute approximate surface area is 124 Å². The fourth-order valence-corrected chi connectivity index (χ4v) is 2.89. The van der Waals surface area contributed by atoms with Gasteiger partial charge in [-0.2, -0.15) is 0 Å². The topological polar surface area (TPSA) is 85.4 Å². The highest BCUT2D eigenvalue weighted by Gasteiger charge is 2.16. The van der Waals surface area contributed by atoms with Gasteiger partial charge in [0.2, 0.25) is 0 Å². The molecule has 2 aromatic heterocycles. The SMILES string of the molecule is CNc1cn2ccnc2c(Sc2ccccc2[N+](=O)[O-])n1. The van der Waals surface area contributed by atoms with Crippen LogP contribution in [0.15, 0.2) is 52.8 Å². The molecule has 1 aromatic carbocycles. The monoisotopic (exact) mass is 301 g/mol. The molecule has 1 N–H and O–H groups in total. The van der Waals surface area contributed by atoms with Crippen LogP contribution < -0.4 is 5.32 Å². The van der Waals surface area contributed by atoms with Gasteiger partial charge in [-0.25, -0.2) is 9.97 Å². The minimum atomic E-state index is -0.396. The van der Waals surface area contributed by atoms with E-state index in [0.717, 1.165) is 0 Å². The fraction of sp³-hybridized carbons (Fsp3) is 0.0769. The molecule has 0 aliphatic carbocycles. The van der Waals surface area contributed by atoms with Crippen LogP contribution in [-0.2, 0) is 0 Å². The van der Waals surface area contributed by atoms with Crippen LogP contribution in [0.25, 0.3) is 5.65 Å². The fourth-order valence-electron chi connectivity index (χ4n) is 1.89. The molecule has 0 saturated heterocycles. The number of nitrogens with one attached hydrogen (secondary N) is 1. The quantitative estimate of drug-likeness (QED) is 0.589. The Bertz CT molecular complexity index is 817. The van der Waals surface area contributed by atoms with Gasteiger partial charge in [0.1, 0.15) is 10.8 Å². The van der Waals surface area contributed by atoms with Gasteiger partial charge in [0.05, 0.1) is 16.0 Å². The molecule has 0 unspecified atom stereocenters. The van der Waals surface area contributed by atoms with E-state index in [1.165, 1.54) is 17.8 Å². The summed E-state index contributed by atoms with van der Waals surface area (Å²) in [5.74, 6) is 0.668. The summed E-state index contributed by atoms with van der Waals surface area (Å²) in [5.41, 5.74) is 0.723. The first kappa shape index (κ1) is 13.4. The van der Waals surface area contributed by atoms with E-state index < -0.39 is 4.92 Å². The van der Waals surface area contributed by atoms with Crippen molar-refractivity contribution < 1.29 is 4.92 Å². The van der Waals surface area contributed by atoms with Crippen molar-refractivity contribution in [3.05, 3.63) is 53.0 Å². The number of fused-ring (bicyclic) bond motifs is 1. The Morgan fingerprint density at radius 3 is 2.95 bits per heavy atom. The minimum Gasteiger partial charge on any atom is -0.372 e. The molecule has 0 spiro atoms. The summed E-state index contributed by atoms with van der Waals surface area (Å²) >= 11 is 1.23. The third-order valence-corrected chi connectivity index (χ3v) is 3.90. The lowest BCUT2D eigenvalue weighted by Gasteiger charge is -2.07. The summed E-state index contributed by atoms with van der Waals surface area (Å²) in [6, 6.07) is 6.59. The number of para-hydroxylation sites is 1. The highest BCUT2D eigenvalue weighted by molar-refractivity contribution is 7.99. The molecule has 21 heavy (non-hydrogen) atoms. The number of hydrogen-bond acceptors (Lipinski definition) is 6. The van der Waals surface area contributed by atoms with Gasteiger partial charge in [-0.05, 0) is 6.07 Å². The zero-order valence-corrected chi connectivity index (χ0v) is 11.9. The third-order valence-electron chi connectivity index (χ3n) is 2.87. The molecule has 3 aromatic rings. The second-order valence-electron chi connectivity index (χ2n) is 4.17. The molecule has 106 valence electrons. The van der Waals surface area contributed by atoms with Crippen molar-refractivity contribution in [3.8, 4) is 0 Å². The zero-order valence-electron chi connectivity index (χ0n) is 11.1. The Kier molecular flexibility index (Phi) is 3.44. The number of nitrogens with zero attached hydrogens (tertiary/aromatic N) is 4. The second kappa shape index (κ2) is 5.41. The van der Waals surface area contributed by atoms with E-state index in [1.807, 2.05) is 10.6 Å². The van der Waals surface area contributed by atoms with Gasteiger partial charge in [0.15, 0.2) is 5.65 Å². The molecule has 0 radical (unpaired) electrons. The van der Waals surface area contributed by atoms with Crippen LogP contribution in [0.1, 0.15) is 0 Å². The first-order valence-corrected chi connectivity index (χ1v) is 6.93. The smallest absolute Gasteiger partial charge is 0.283 e. The van der Waals surface area contributed by atoms with E-state index >= 15 is 0 Å². The predicted octanol–water partition coefficient (Wildman–Crippen LogP) is 2.83. The number of aromatic nitrogens is 3. The van der Waals surface area contributed by atoms with E-state index in [9.17, 15) is 10.1 Å². The summed E-state index contributed by atoms with van der Waals surface area (Å²) < 4.78 is 1.83. The van der Waals surface area contributed by atoms with E-state index in [4.69, 9.17) is 0 Å².